The largest absolute Gasteiger partial charge is 0.334 e. The van der Waals surface area contributed by atoms with Crippen LogP contribution in [0.25, 0.3) is 5.65 Å². The molecule has 2 unspecified atom stereocenters. The molecule has 1 saturated carbocycles. The Balaban J connectivity index is 1.76. The molecule has 0 aromatic carbocycles. The summed E-state index contributed by atoms with van der Waals surface area (Å²) in [6.45, 7) is 11.9. The minimum atomic E-state index is 0.150. The van der Waals surface area contributed by atoms with Crippen LogP contribution in [-0.2, 0) is 0 Å². The van der Waals surface area contributed by atoms with E-state index in [1.54, 1.807) is 0 Å². The lowest BCUT2D eigenvalue weighted by Gasteiger charge is -2.39. The Morgan fingerprint density at radius 2 is 2.00 bits per heavy atom. The molecule has 4 nitrogen and oxygen atoms in total. The second-order valence-corrected chi connectivity index (χ2v) is 9.08. The molecule has 3 heterocycles. The summed E-state index contributed by atoms with van der Waals surface area (Å²) in [5.74, 6) is 0.150. The number of aromatic nitrogens is 2. The Kier molecular flexibility index (Phi) is 3.16. The highest BCUT2D eigenvalue weighted by molar-refractivity contribution is 5.95. The van der Waals surface area contributed by atoms with E-state index in [4.69, 9.17) is 0 Å². The van der Waals surface area contributed by atoms with Crippen molar-refractivity contribution in [1.29, 1.82) is 0 Å². The van der Waals surface area contributed by atoms with Crippen LogP contribution in [-0.4, -0.2) is 32.8 Å². The summed E-state index contributed by atoms with van der Waals surface area (Å²) in [5, 5.41) is 0. The summed E-state index contributed by atoms with van der Waals surface area (Å²) in [7, 11) is 0. The van der Waals surface area contributed by atoms with Gasteiger partial charge in [0.15, 0.2) is 0 Å². The maximum atomic E-state index is 13.4. The van der Waals surface area contributed by atoms with E-state index in [0.717, 1.165) is 42.0 Å². The van der Waals surface area contributed by atoms with Crippen LogP contribution >= 0.6 is 0 Å². The van der Waals surface area contributed by atoms with Gasteiger partial charge in [-0.15, -0.1) is 0 Å². The number of rotatable bonds is 1. The number of aryl methyl sites for hydroxylation is 2. The van der Waals surface area contributed by atoms with Gasteiger partial charge in [-0.3, -0.25) is 9.20 Å². The van der Waals surface area contributed by atoms with E-state index in [0.29, 0.717) is 11.5 Å². The summed E-state index contributed by atoms with van der Waals surface area (Å²) in [6.07, 6.45) is 5.40. The van der Waals surface area contributed by atoms with E-state index < -0.39 is 0 Å². The van der Waals surface area contributed by atoms with E-state index in [9.17, 15) is 4.79 Å². The molecule has 0 N–H and O–H groups in total. The van der Waals surface area contributed by atoms with Gasteiger partial charge in [0, 0.05) is 18.8 Å². The normalized spacial score (nSPS) is 28.5. The molecule has 4 rings (SSSR count). The lowest BCUT2D eigenvalue weighted by atomic mass is 9.65. The molecule has 2 aromatic heterocycles. The van der Waals surface area contributed by atoms with Crippen molar-refractivity contribution in [2.24, 2.45) is 10.8 Å². The van der Waals surface area contributed by atoms with Crippen molar-refractivity contribution in [3.05, 3.63) is 35.3 Å². The van der Waals surface area contributed by atoms with Crippen LogP contribution in [0.2, 0.25) is 0 Å². The smallest absolute Gasteiger partial charge is 0.273 e. The maximum absolute atomic E-state index is 13.4. The molecule has 1 saturated heterocycles. The quantitative estimate of drug-likeness (QED) is 0.795. The van der Waals surface area contributed by atoms with Gasteiger partial charge < -0.3 is 4.90 Å². The molecule has 1 aliphatic heterocycles. The van der Waals surface area contributed by atoms with Gasteiger partial charge in [-0.2, -0.15) is 0 Å². The van der Waals surface area contributed by atoms with Crippen molar-refractivity contribution in [2.75, 3.05) is 6.54 Å². The number of carbonyl (C=O) groups excluding carboxylic acids is 1. The predicted octanol–water partition coefficient (Wildman–Crippen LogP) is 3.99. The van der Waals surface area contributed by atoms with Gasteiger partial charge in [-0.05, 0) is 55.6 Å². The van der Waals surface area contributed by atoms with Crippen LogP contribution in [0.3, 0.4) is 0 Å². The first-order valence-electron chi connectivity index (χ1n) is 8.94. The lowest BCUT2D eigenvalue weighted by molar-refractivity contribution is 0.0700. The second kappa shape index (κ2) is 4.84. The fourth-order valence-electron chi connectivity index (χ4n) is 5.41. The zero-order chi connectivity index (χ0) is 17.3. The number of hydrogen-bond acceptors (Lipinski definition) is 2. The number of hydrogen-bond donors (Lipinski definition) is 0. The predicted molar refractivity (Wildman–Crippen MR) is 95.2 cm³/mol. The van der Waals surface area contributed by atoms with Gasteiger partial charge in [-0.1, -0.05) is 26.8 Å². The van der Waals surface area contributed by atoms with Crippen molar-refractivity contribution in [2.45, 2.75) is 59.9 Å². The average Bonchev–Trinajstić information content (AvgIpc) is 2.92. The van der Waals surface area contributed by atoms with Crippen molar-refractivity contribution < 1.29 is 4.79 Å². The van der Waals surface area contributed by atoms with Gasteiger partial charge in [0.25, 0.3) is 5.91 Å². The summed E-state index contributed by atoms with van der Waals surface area (Å²) in [6, 6.07) is 4.40. The fraction of sp³-hybridized carbons (Fsp3) is 0.600. The molecule has 0 radical (unpaired) electrons. The van der Waals surface area contributed by atoms with Gasteiger partial charge >= 0.3 is 0 Å². The standard InChI is InChI=1S/C20H27N3O/c1-13-7-6-8-22-16(14(2)21-17(13)22)18(24)23-12-20(5)10-15(23)9-19(3,4)11-20/h6-8,15H,9-12H2,1-5H3. The Bertz CT molecular complexity index is 835. The molecule has 2 atom stereocenters. The van der Waals surface area contributed by atoms with Crippen molar-refractivity contribution in [3.8, 4) is 0 Å². The molecule has 0 spiro atoms. The van der Waals surface area contributed by atoms with E-state index in [1.165, 1.54) is 6.42 Å². The highest BCUT2D eigenvalue weighted by Gasteiger charge is 2.51. The number of likely N-dealkylation sites (tertiary alicyclic amines) is 1. The van der Waals surface area contributed by atoms with Crippen molar-refractivity contribution in [3.63, 3.8) is 0 Å². The number of pyridine rings is 1. The first-order valence-corrected chi connectivity index (χ1v) is 8.94. The molecule has 1 amide bonds. The monoisotopic (exact) mass is 325 g/mol. The van der Waals surface area contributed by atoms with E-state index in [-0.39, 0.29) is 11.3 Å². The molecule has 2 aromatic rings. The zero-order valence-corrected chi connectivity index (χ0v) is 15.4. The third kappa shape index (κ3) is 2.27. The van der Waals surface area contributed by atoms with Gasteiger partial charge in [0.1, 0.15) is 11.3 Å². The van der Waals surface area contributed by atoms with E-state index >= 15 is 0 Å². The van der Waals surface area contributed by atoms with Crippen LogP contribution in [0.15, 0.2) is 18.3 Å². The maximum Gasteiger partial charge on any atom is 0.273 e. The van der Waals surface area contributed by atoms with Crippen LogP contribution in [0.4, 0.5) is 0 Å². The van der Waals surface area contributed by atoms with Crippen LogP contribution in [0.5, 0.6) is 0 Å². The van der Waals surface area contributed by atoms with Gasteiger partial charge in [0.05, 0.1) is 5.69 Å². The Labute approximate surface area is 143 Å². The number of imidazole rings is 1. The van der Waals surface area contributed by atoms with E-state index in [2.05, 4.69) is 30.7 Å². The summed E-state index contributed by atoms with van der Waals surface area (Å²) in [5.41, 5.74) is 4.15. The minimum absolute atomic E-state index is 0.150. The summed E-state index contributed by atoms with van der Waals surface area (Å²) >= 11 is 0. The van der Waals surface area contributed by atoms with Gasteiger partial charge in [-0.25, -0.2) is 4.98 Å². The topological polar surface area (TPSA) is 37.6 Å². The zero-order valence-electron chi connectivity index (χ0n) is 15.4. The van der Waals surface area contributed by atoms with Crippen LogP contribution < -0.4 is 0 Å². The minimum Gasteiger partial charge on any atom is -0.334 e. The Hall–Kier alpha value is -1.84. The third-order valence-electron chi connectivity index (χ3n) is 5.90. The number of carbonyl (C=O) groups is 1. The van der Waals surface area contributed by atoms with Crippen molar-refractivity contribution in [1.82, 2.24) is 14.3 Å². The number of amides is 1. The molecule has 2 aliphatic rings. The van der Waals surface area contributed by atoms with Crippen molar-refractivity contribution >= 4 is 11.6 Å². The molecule has 2 fully saturated rings. The third-order valence-corrected chi connectivity index (χ3v) is 5.90. The Morgan fingerprint density at radius 1 is 1.25 bits per heavy atom. The lowest BCUT2D eigenvalue weighted by Crippen LogP contribution is -2.38. The SMILES string of the molecule is Cc1nc2c(C)cccn2c1C(=O)N1CC2(C)CC1CC(C)(C)C2. The summed E-state index contributed by atoms with van der Waals surface area (Å²) in [4.78, 5) is 20.2. The van der Waals surface area contributed by atoms with Gasteiger partial charge in [0.2, 0.25) is 0 Å². The average molecular weight is 325 g/mol. The fourth-order valence-corrected chi connectivity index (χ4v) is 5.41. The summed E-state index contributed by atoms with van der Waals surface area (Å²) < 4.78 is 1.97. The van der Waals surface area contributed by atoms with Crippen LogP contribution in [0.1, 0.15) is 61.8 Å². The highest BCUT2D eigenvalue weighted by Crippen LogP contribution is 2.52. The first kappa shape index (κ1) is 15.7. The molecule has 1 aliphatic carbocycles. The second-order valence-electron chi connectivity index (χ2n) is 9.08. The highest BCUT2D eigenvalue weighted by atomic mass is 16.2. The molecular weight excluding hydrogens is 298 g/mol. The molecule has 24 heavy (non-hydrogen) atoms. The molecule has 2 bridgehead atoms. The molecular formula is C20H27N3O. The number of fused-ring (bicyclic) bond motifs is 3. The first-order chi connectivity index (χ1) is 11.2. The van der Waals surface area contributed by atoms with Crippen LogP contribution in [0, 0.1) is 24.7 Å². The Morgan fingerprint density at radius 3 is 2.75 bits per heavy atom. The number of nitrogens with zero attached hydrogens (tertiary/aromatic N) is 3. The molecule has 4 heteroatoms. The van der Waals surface area contributed by atoms with E-state index in [1.807, 2.05) is 36.6 Å². The molecule has 128 valence electrons.